The lowest BCUT2D eigenvalue weighted by Crippen LogP contribution is -2.52. The van der Waals surface area contributed by atoms with Crippen LogP contribution in [0.25, 0.3) is 0 Å². The number of methoxy groups -OCH3 is 3. The van der Waals surface area contributed by atoms with Crippen LogP contribution >= 0.6 is 0 Å². The molecule has 0 bridgehead atoms. The minimum atomic E-state index is -0.862. The molecule has 0 radical (unpaired) electrons. The number of benzene rings is 2. The first-order valence-electron chi connectivity index (χ1n) is 16.3. The molecule has 0 spiro atoms. The lowest BCUT2D eigenvalue weighted by molar-refractivity contribution is -0.146. The molecule has 10 nitrogen and oxygen atoms in total. The van der Waals surface area contributed by atoms with E-state index in [9.17, 15) is 14.7 Å². The molecule has 2 aromatic rings. The number of aliphatic hydroxyl groups is 1. The predicted molar refractivity (Wildman–Crippen MR) is 172 cm³/mol. The van der Waals surface area contributed by atoms with Crippen LogP contribution in [0.4, 0.5) is 0 Å². The zero-order chi connectivity index (χ0) is 32.0. The summed E-state index contributed by atoms with van der Waals surface area (Å²) in [5.74, 6) is 0.623. The van der Waals surface area contributed by atoms with Crippen molar-refractivity contribution >= 4 is 11.8 Å². The molecule has 1 aliphatic heterocycles. The summed E-state index contributed by atoms with van der Waals surface area (Å²) in [5.41, 5.74) is 2.00. The number of carbonyl (C=O) groups is 2. The largest absolute Gasteiger partial charge is 0.497 e. The topological polar surface area (TPSA) is 119 Å². The summed E-state index contributed by atoms with van der Waals surface area (Å²) in [5, 5.41) is 17.5. The normalized spacial score (nSPS) is 19.1. The number of carbonyl (C=O) groups excluding carboxylic acids is 2. The molecule has 4 atom stereocenters. The molecule has 10 heteroatoms. The Morgan fingerprint density at radius 2 is 1.67 bits per heavy atom. The number of hydrogen-bond acceptors (Lipinski definition) is 8. The predicted octanol–water partition coefficient (Wildman–Crippen LogP) is 3.86. The van der Waals surface area contributed by atoms with Crippen molar-refractivity contribution in [2.45, 2.75) is 69.7 Å². The lowest BCUT2D eigenvalue weighted by atomic mass is 9.83. The number of rotatable bonds is 16. The number of nitrogens with zero attached hydrogens (tertiary/aromatic N) is 1. The van der Waals surface area contributed by atoms with Gasteiger partial charge in [0.25, 0.3) is 0 Å². The van der Waals surface area contributed by atoms with Crippen molar-refractivity contribution in [2.24, 2.45) is 11.8 Å². The molecule has 4 rings (SSSR count). The molecular weight excluding hydrogens is 574 g/mol. The highest BCUT2D eigenvalue weighted by Gasteiger charge is 2.37. The molecule has 2 amide bonds. The zero-order valence-corrected chi connectivity index (χ0v) is 27.0. The van der Waals surface area contributed by atoms with Crippen LogP contribution in [-0.4, -0.2) is 88.1 Å². The summed E-state index contributed by atoms with van der Waals surface area (Å²) in [7, 11) is 4.86. The van der Waals surface area contributed by atoms with Crippen molar-refractivity contribution < 1.29 is 33.6 Å². The first kappa shape index (κ1) is 34.7. The van der Waals surface area contributed by atoms with Gasteiger partial charge in [0.15, 0.2) is 0 Å². The molecule has 1 saturated heterocycles. The second kappa shape index (κ2) is 18.1. The molecule has 2 fully saturated rings. The van der Waals surface area contributed by atoms with E-state index in [1.165, 1.54) is 6.42 Å². The Morgan fingerprint density at radius 1 is 0.956 bits per heavy atom. The van der Waals surface area contributed by atoms with Gasteiger partial charge in [0.2, 0.25) is 0 Å². The van der Waals surface area contributed by atoms with Gasteiger partial charge in [-0.1, -0.05) is 62.4 Å². The lowest BCUT2D eigenvalue weighted by Gasteiger charge is -2.30. The molecule has 2 aromatic carbocycles. The second-order valence-electron chi connectivity index (χ2n) is 12.2. The molecule has 1 aliphatic carbocycles. The summed E-state index contributed by atoms with van der Waals surface area (Å²) in [6.07, 6.45) is 5.98. The van der Waals surface area contributed by atoms with Crippen LogP contribution < -0.4 is 20.1 Å². The van der Waals surface area contributed by atoms with Crippen LogP contribution in [0.3, 0.4) is 0 Å². The maximum Gasteiger partial charge on any atom is 0.311 e. The molecule has 3 N–H and O–H groups in total. The highest BCUT2D eigenvalue weighted by atomic mass is 16.5. The maximum absolute atomic E-state index is 13.4. The minimum Gasteiger partial charge on any atom is -0.497 e. The fourth-order valence-electron chi connectivity index (χ4n) is 6.57. The third-order valence-electron chi connectivity index (χ3n) is 9.03. The van der Waals surface area contributed by atoms with Gasteiger partial charge in [0, 0.05) is 45.3 Å². The number of ether oxygens (including phenoxy) is 4. The Hall–Kier alpha value is -3.18. The van der Waals surface area contributed by atoms with E-state index in [2.05, 4.69) is 10.6 Å². The van der Waals surface area contributed by atoms with Gasteiger partial charge in [0.05, 0.1) is 45.7 Å². The molecule has 0 aromatic heterocycles. The molecule has 2 aliphatic rings. The van der Waals surface area contributed by atoms with Crippen molar-refractivity contribution in [1.82, 2.24) is 15.5 Å². The Bertz CT molecular complexity index is 1170. The van der Waals surface area contributed by atoms with Crippen molar-refractivity contribution in [2.75, 3.05) is 54.2 Å². The Labute approximate surface area is 267 Å². The molecule has 45 heavy (non-hydrogen) atoms. The average Bonchev–Trinajstić information content (AvgIpc) is 3.56. The maximum atomic E-state index is 13.4. The monoisotopic (exact) mass is 625 g/mol. The van der Waals surface area contributed by atoms with Crippen LogP contribution in [0.1, 0.15) is 62.2 Å². The van der Waals surface area contributed by atoms with E-state index in [0.717, 1.165) is 43.2 Å². The Kier molecular flexibility index (Phi) is 13.9. The van der Waals surface area contributed by atoms with Crippen molar-refractivity contribution in [3.8, 4) is 11.5 Å². The third-order valence-corrected chi connectivity index (χ3v) is 9.03. The van der Waals surface area contributed by atoms with E-state index < -0.39 is 24.0 Å². The van der Waals surface area contributed by atoms with Crippen LogP contribution in [0.15, 0.2) is 48.5 Å². The first-order valence-corrected chi connectivity index (χ1v) is 16.3. The van der Waals surface area contributed by atoms with Gasteiger partial charge in [-0.15, -0.1) is 0 Å². The van der Waals surface area contributed by atoms with E-state index in [1.807, 2.05) is 48.5 Å². The van der Waals surface area contributed by atoms with Gasteiger partial charge in [0.1, 0.15) is 11.5 Å². The summed E-state index contributed by atoms with van der Waals surface area (Å²) in [4.78, 5) is 28.4. The van der Waals surface area contributed by atoms with E-state index in [1.54, 1.807) is 26.2 Å². The van der Waals surface area contributed by atoms with Gasteiger partial charge >= 0.3 is 11.8 Å². The van der Waals surface area contributed by atoms with Crippen molar-refractivity contribution in [3.05, 3.63) is 59.7 Å². The molecular formula is C35H51N3O7. The quantitative estimate of drug-likeness (QED) is 0.190. The van der Waals surface area contributed by atoms with Gasteiger partial charge in [-0.05, 0) is 42.0 Å². The van der Waals surface area contributed by atoms with Crippen molar-refractivity contribution in [1.29, 1.82) is 0 Å². The van der Waals surface area contributed by atoms with E-state index in [-0.39, 0.29) is 18.6 Å². The fourth-order valence-corrected chi connectivity index (χ4v) is 6.57. The van der Waals surface area contributed by atoms with Gasteiger partial charge in [-0.25, -0.2) is 0 Å². The number of amides is 2. The van der Waals surface area contributed by atoms with Crippen LogP contribution in [0.2, 0.25) is 0 Å². The highest BCUT2D eigenvalue weighted by Crippen LogP contribution is 2.33. The average molecular weight is 626 g/mol. The zero-order valence-electron chi connectivity index (χ0n) is 27.0. The number of aliphatic hydroxyl groups excluding tert-OH is 1. The van der Waals surface area contributed by atoms with Crippen molar-refractivity contribution in [3.63, 3.8) is 0 Å². The molecule has 1 saturated carbocycles. The van der Waals surface area contributed by atoms with Gasteiger partial charge in [-0.2, -0.15) is 0 Å². The van der Waals surface area contributed by atoms with E-state index in [4.69, 9.17) is 18.9 Å². The third kappa shape index (κ3) is 10.4. The fraction of sp³-hybridized carbons (Fsp3) is 0.600. The van der Waals surface area contributed by atoms with E-state index >= 15 is 0 Å². The molecule has 1 heterocycles. The minimum absolute atomic E-state index is 0.0593. The smallest absolute Gasteiger partial charge is 0.311 e. The summed E-state index contributed by atoms with van der Waals surface area (Å²) in [6.45, 7) is 2.58. The van der Waals surface area contributed by atoms with E-state index in [0.29, 0.717) is 56.7 Å². The van der Waals surface area contributed by atoms with Gasteiger partial charge in [-0.3, -0.25) is 9.59 Å². The van der Waals surface area contributed by atoms with Crippen LogP contribution in [0, 0.1) is 11.8 Å². The molecule has 248 valence electrons. The first-order chi connectivity index (χ1) is 21.9. The van der Waals surface area contributed by atoms with Crippen LogP contribution in [-0.2, 0) is 25.6 Å². The van der Waals surface area contributed by atoms with Crippen LogP contribution in [0.5, 0.6) is 11.5 Å². The Balaban J connectivity index is 1.36. The highest BCUT2D eigenvalue weighted by molar-refractivity contribution is 6.35. The molecule has 4 unspecified atom stereocenters. The Morgan fingerprint density at radius 3 is 2.33 bits per heavy atom. The SMILES string of the molecule is COCCOC(c1ccccc1)C1CCN(C(=O)C(=O)NC(CC2CCCCC2)C(O)CNCc2cc(OC)cc(OC)c2)C1. The summed E-state index contributed by atoms with van der Waals surface area (Å²) >= 11 is 0. The van der Waals surface area contributed by atoms with Gasteiger partial charge < -0.3 is 39.6 Å². The summed E-state index contributed by atoms with van der Waals surface area (Å²) < 4.78 is 22.1. The summed E-state index contributed by atoms with van der Waals surface area (Å²) in [6, 6.07) is 15.1. The number of nitrogens with one attached hydrogen (secondary N) is 2. The number of hydrogen-bond donors (Lipinski definition) is 3. The standard InChI is InChI=1S/C35H51N3O7/c1-42-16-17-45-33(27-12-8-5-9-13-27)28-14-15-38(24-28)35(41)34(40)37-31(20-25-10-6-4-7-11-25)32(39)23-36-22-26-18-29(43-2)21-30(19-26)44-3/h5,8-9,12-13,18-19,21,25,28,31-33,36,39H,4,6-7,10-11,14-17,20,22-24H2,1-3H3,(H,37,40). The second-order valence-corrected chi connectivity index (χ2v) is 12.2. The number of likely N-dealkylation sites (tertiary alicyclic amines) is 1.